The second kappa shape index (κ2) is 7.92. The molecule has 0 aliphatic carbocycles. The number of nitrogens with zero attached hydrogens (tertiary/aromatic N) is 3. The molecular formula is C19H20F2N4O2S. The molecule has 1 aromatic carbocycles. The second-order valence-corrected chi connectivity index (χ2v) is 7.40. The van der Waals surface area contributed by atoms with Crippen molar-refractivity contribution >= 4 is 28.5 Å². The standard InChI is InChI=1S/C19H20F2N4O2S/c1-11-14(22-4-3-15(11)26-2)10-28-19-23-13-9-12(20)18(16(21)17(13)24-19)25-5-7-27-8-6-25/h3-4,9H,5-8,10H2,1-2H3,(H,23,24). The lowest BCUT2D eigenvalue weighted by Crippen LogP contribution is -2.37. The molecule has 0 saturated carbocycles. The summed E-state index contributed by atoms with van der Waals surface area (Å²) >= 11 is 1.38. The van der Waals surface area contributed by atoms with Gasteiger partial charge in [-0.1, -0.05) is 11.8 Å². The van der Waals surface area contributed by atoms with Gasteiger partial charge in [-0.3, -0.25) is 4.98 Å². The maximum atomic E-state index is 15.0. The Hall–Kier alpha value is -2.39. The average molecular weight is 406 g/mol. The van der Waals surface area contributed by atoms with Crippen molar-refractivity contribution < 1.29 is 18.3 Å². The maximum absolute atomic E-state index is 15.0. The number of methoxy groups -OCH3 is 1. The number of pyridine rings is 1. The van der Waals surface area contributed by atoms with E-state index in [0.29, 0.717) is 42.7 Å². The average Bonchev–Trinajstić information content (AvgIpc) is 3.11. The van der Waals surface area contributed by atoms with E-state index in [1.807, 2.05) is 6.92 Å². The molecule has 9 heteroatoms. The van der Waals surface area contributed by atoms with Gasteiger partial charge in [0, 0.05) is 36.7 Å². The Bertz CT molecular complexity index is 1010. The van der Waals surface area contributed by atoms with E-state index in [4.69, 9.17) is 9.47 Å². The lowest BCUT2D eigenvalue weighted by atomic mass is 10.2. The first-order valence-corrected chi connectivity index (χ1v) is 9.88. The number of nitrogens with one attached hydrogen (secondary N) is 1. The van der Waals surface area contributed by atoms with E-state index in [9.17, 15) is 4.39 Å². The van der Waals surface area contributed by atoms with Crippen LogP contribution in [0.5, 0.6) is 5.75 Å². The van der Waals surface area contributed by atoms with Crippen LogP contribution in [-0.4, -0.2) is 48.4 Å². The van der Waals surface area contributed by atoms with Crippen molar-refractivity contribution in [3.05, 3.63) is 41.2 Å². The van der Waals surface area contributed by atoms with Crippen LogP contribution >= 0.6 is 11.8 Å². The predicted molar refractivity (Wildman–Crippen MR) is 104 cm³/mol. The largest absolute Gasteiger partial charge is 0.496 e. The van der Waals surface area contributed by atoms with Gasteiger partial charge in [-0.05, 0) is 13.0 Å². The third-order valence-electron chi connectivity index (χ3n) is 4.77. The summed E-state index contributed by atoms with van der Waals surface area (Å²) in [4.78, 5) is 13.4. The first-order chi connectivity index (χ1) is 13.6. The highest BCUT2D eigenvalue weighted by atomic mass is 32.2. The molecule has 148 valence electrons. The normalized spacial score (nSPS) is 14.6. The highest BCUT2D eigenvalue weighted by Gasteiger charge is 2.23. The van der Waals surface area contributed by atoms with E-state index in [2.05, 4.69) is 15.0 Å². The highest BCUT2D eigenvalue weighted by Crippen LogP contribution is 2.33. The quantitative estimate of drug-likeness (QED) is 0.652. The number of hydrogen-bond acceptors (Lipinski definition) is 6. The van der Waals surface area contributed by atoms with E-state index >= 15 is 4.39 Å². The summed E-state index contributed by atoms with van der Waals surface area (Å²) in [5.74, 6) is 0.0510. The molecule has 0 radical (unpaired) electrons. The summed E-state index contributed by atoms with van der Waals surface area (Å²) < 4.78 is 40.1. The highest BCUT2D eigenvalue weighted by molar-refractivity contribution is 7.98. The summed E-state index contributed by atoms with van der Waals surface area (Å²) in [5, 5.41) is 0.511. The Labute approximate surface area is 165 Å². The molecule has 3 heterocycles. The molecule has 0 amide bonds. The van der Waals surface area contributed by atoms with Crippen molar-refractivity contribution in [1.29, 1.82) is 0 Å². The number of thioether (sulfide) groups is 1. The van der Waals surface area contributed by atoms with E-state index in [1.165, 1.54) is 17.8 Å². The fourth-order valence-corrected chi connectivity index (χ4v) is 4.16. The minimum atomic E-state index is -0.643. The van der Waals surface area contributed by atoms with Gasteiger partial charge in [0.1, 0.15) is 17.0 Å². The molecule has 2 aromatic heterocycles. The number of imidazole rings is 1. The van der Waals surface area contributed by atoms with E-state index in [1.54, 1.807) is 24.3 Å². The zero-order valence-corrected chi connectivity index (χ0v) is 16.4. The van der Waals surface area contributed by atoms with Crippen LogP contribution in [0.1, 0.15) is 11.3 Å². The van der Waals surface area contributed by atoms with Gasteiger partial charge in [-0.15, -0.1) is 0 Å². The summed E-state index contributed by atoms with van der Waals surface area (Å²) in [6.45, 7) is 3.74. The molecule has 1 aliphatic heterocycles. The van der Waals surface area contributed by atoms with Crippen LogP contribution in [0.4, 0.5) is 14.5 Å². The van der Waals surface area contributed by atoms with Crippen LogP contribution in [0.25, 0.3) is 11.0 Å². The van der Waals surface area contributed by atoms with E-state index in [0.717, 1.165) is 17.0 Å². The van der Waals surface area contributed by atoms with Crippen LogP contribution in [0.2, 0.25) is 0 Å². The van der Waals surface area contributed by atoms with Crippen molar-refractivity contribution in [3.8, 4) is 5.75 Å². The number of aromatic amines is 1. The molecule has 1 saturated heterocycles. The first kappa shape index (κ1) is 18.9. The van der Waals surface area contributed by atoms with Gasteiger partial charge in [0.25, 0.3) is 0 Å². The second-order valence-electron chi connectivity index (χ2n) is 6.43. The minimum Gasteiger partial charge on any atom is -0.496 e. The zero-order chi connectivity index (χ0) is 19.7. The minimum absolute atomic E-state index is 0.0378. The molecule has 6 nitrogen and oxygen atoms in total. The third kappa shape index (κ3) is 3.51. The topological polar surface area (TPSA) is 63.3 Å². The van der Waals surface area contributed by atoms with Gasteiger partial charge in [-0.25, -0.2) is 13.8 Å². The lowest BCUT2D eigenvalue weighted by Gasteiger charge is -2.29. The molecule has 1 N–H and O–H groups in total. The Morgan fingerprint density at radius 1 is 1.32 bits per heavy atom. The number of halogens is 2. The molecule has 0 atom stereocenters. The van der Waals surface area contributed by atoms with Gasteiger partial charge in [-0.2, -0.15) is 0 Å². The number of ether oxygens (including phenoxy) is 2. The Morgan fingerprint density at radius 2 is 2.11 bits per heavy atom. The van der Waals surface area contributed by atoms with E-state index in [-0.39, 0.29) is 11.2 Å². The lowest BCUT2D eigenvalue weighted by molar-refractivity contribution is 0.122. The predicted octanol–water partition coefficient (Wildman–Crippen LogP) is 3.68. The molecular weight excluding hydrogens is 386 g/mol. The molecule has 28 heavy (non-hydrogen) atoms. The zero-order valence-electron chi connectivity index (χ0n) is 15.6. The van der Waals surface area contributed by atoms with Crippen LogP contribution in [0, 0.1) is 18.6 Å². The fraction of sp³-hybridized carbons (Fsp3) is 0.368. The smallest absolute Gasteiger partial charge is 0.177 e. The summed E-state index contributed by atoms with van der Waals surface area (Å²) in [7, 11) is 1.61. The third-order valence-corrected chi connectivity index (χ3v) is 5.66. The summed E-state index contributed by atoms with van der Waals surface area (Å²) in [6.07, 6.45) is 1.68. The van der Waals surface area contributed by atoms with Crippen molar-refractivity contribution in [2.24, 2.45) is 0 Å². The Morgan fingerprint density at radius 3 is 2.86 bits per heavy atom. The van der Waals surface area contributed by atoms with Crippen molar-refractivity contribution in [1.82, 2.24) is 15.0 Å². The van der Waals surface area contributed by atoms with Gasteiger partial charge in [0.05, 0.1) is 31.5 Å². The number of benzene rings is 1. The number of fused-ring (bicyclic) bond motifs is 1. The number of H-pyrrole nitrogens is 1. The number of hydrogen-bond donors (Lipinski definition) is 1. The molecule has 1 fully saturated rings. The Balaban J connectivity index is 1.60. The molecule has 0 spiro atoms. The molecule has 4 rings (SSSR count). The molecule has 0 unspecified atom stereocenters. The molecule has 0 bridgehead atoms. The van der Waals surface area contributed by atoms with Crippen LogP contribution in [0.3, 0.4) is 0 Å². The van der Waals surface area contributed by atoms with Crippen molar-refractivity contribution in [2.75, 3.05) is 38.3 Å². The summed E-state index contributed by atoms with van der Waals surface area (Å²) in [5.41, 5.74) is 2.24. The van der Waals surface area contributed by atoms with Gasteiger partial charge < -0.3 is 19.4 Å². The SMILES string of the molecule is COc1ccnc(CSc2nc3c(F)c(N4CCOCC4)c(F)cc3[nH]2)c1C. The Kier molecular flexibility index (Phi) is 5.36. The number of anilines is 1. The first-order valence-electron chi connectivity index (χ1n) is 8.90. The number of rotatable bonds is 5. The monoisotopic (exact) mass is 406 g/mol. The van der Waals surface area contributed by atoms with Crippen molar-refractivity contribution in [3.63, 3.8) is 0 Å². The van der Waals surface area contributed by atoms with Gasteiger partial charge in [0.15, 0.2) is 16.8 Å². The number of aromatic nitrogens is 3. The maximum Gasteiger partial charge on any atom is 0.177 e. The number of morpholine rings is 1. The van der Waals surface area contributed by atoms with Gasteiger partial charge in [0.2, 0.25) is 0 Å². The van der Waals surface area contributed by atoms with E-state index < -0.39 is 11.6 Å². The summed E-state index contributed by atoms with van der Waals surface area (Å²) in [6, 6.07) is 3.10. The molecule has 3 aromatic rings. The van der Waals surface area contributed by atoms with Crippen molar-refractivity contribution in [2.45, 2.75) is 17.8 Å². The van der Waals surface area contributed by atoms with Crippen LogP contribution in [-0.2, 0) is 10.5 Å². The van der Waals surface area contributed by atoms with Gasteiger partial charge >= 0.3 is 0 Å². The molecule has 1 aliphatic rings. The van der Waals surface area contributed by atoms with Crippen LogP contribution < -0.4 is 9.64 Å². The van der Waals surface area contributed by atoms with Crippen LogP contribution in [0.15, 0.2) is 23.5 Å². The fourth-order valence-electron chi connectivity index (χ4n) is 3.26.